The van der Waals surface area contributed by atoms with E-state index in [1.54, 1.807) is 18.2 Å². The summed E-state index contributed by atoms with van der Waals surface area (Å²) in [4.78, 5) is 25.7. The van der Waals surface area contributed by atoms with Crippen LogP contribution in [0.5, 0.6) is 0 Å². The van der Waals surface area contributed by atoms with Crippen LogP contribution in [0.3, 0.4) is 0 Å². The molecule has 1 aromatic carbocycles. The van der Waals surface area contributed by atoms with Gasteiger partial charge < -0.3 is 21.3 Å². The predicted molar refractivity (Wildman–Crippen MR) is 131 cm³/mol. The minimum atomic E-state index is -1.70. The summed E-state index contributed by atoms with van der Waals surface area (Å²) in [6.07, 6.45) is 2.49. The lowest BCUT2D eigenvalue weighted by molar-refractivity contribution is 0.0943. The van der Waals surface area contributed by atoms with Gasteiger partial charge in [-0.3, -0.25) is 4.79 Å². The summed E-state index contributed by atoms with van der Waals surface area (Å²) in [6.45, 7) is 8.38. The molecule has 2 aromatic heterocycles. The van der Waals surface area contributed by atoms with E-state index >= 15 is 0 Å². The van der Waals surface area contributed by atoms with Gasteiger partial charge >= 0.3 is 0 Å². The molecule has 0 unspecified atom stereocenters. The van der Waals surface area contributed by atoms with Crippen LogP contribution in [0.25, 0.3) is 0 Å². The van der Waals surface area contributed by atoms with E-state index in [-0.39, 0.29) is 17.8 Å². The number of nitrogens with zero attached hydrogens (tertiary/aromatic N) is 3. The molecule has 8 nitrogen and oxygen atoms in total. The Morgan fingerprint density at radius 1 is 1.06 bits per heavy atom. The number of anilines is 4. The van der Waals surface area contributed by atoms with Crippen molar-refractivity contribution in [2.75, 3.05) is 17.2 Å². The molecule has 1 amide bonds. The van der Waals surface area contributed by atoms with Gasteiger partial charge in [0.2, 0.25) is 0 Å². The molecule has 34 heavy (non-hydrogen) atoms. The molecule has 3 aromatic rings. The number of pyridine rings is 1. The van der Waals surface area contributed by atoms with Gasteiger partial charge in [0.15, 0.2) is 11.5 Å². The van der Waals surface area contributed by atoms with Crippen LogP contribution in [0.15, 0.2) is 42.6 Å². The van der Waals surface area contributed by atoms with Crippen molar-refractivity contribution in [1.82, 2.24) is 25.6 Å². The smallest absolute Gasteiger partial charge is 0.255 e. The van der Waals surface area contributed by atoms with E-state index in [2.05, 4.69) is 48.4 Å². The number of alkyl halides is 1. The first-order valence-electron chi connectivity index (χ1n) is 11.4. The highest BCUT2D eigenvalue weighted by molar-refractivity contribution is 5.99. The third-order valence-electron chi connectivity index (χ3n) is 5.36. The molecular weight excluding hydrogens is 433 g/mol. The lowest BCUT2D eigenvalue weighted by Gasteiger charge is -2.19. The van der Waals surface area contributed by atoms with E-state index in [4.69, 9.17) is 0 Å². The van der Waals surface area contributed by atoms with Crippen LogP contribution in [-0.4, -0.2) is 33.4 Å². The topological polar surface area (TPSA) is 104 Å². The summed E-state index contributed by atoms with van der Waals surface area (Å²) in [5.41, 5.74) is 2.16. The highest BCUT2D eigenvalue weighted by Crippen LogP contribution is 2.26. The van der Waals surface area contributed by atoms with E-state index in [9.17, 15) is 9.18 Å². The minimum absolute atomic E-state index is 0.0414. The normalized spacial score (nSPS) is 13.4. The molecule has 0 spiro atoms. The summed E-state index contributed by atoms with van der Waals surface area (Å²) >= 11 is 0. The van der Waals surface area contributed by atoms with Crippen molar-refractivity contribution in [3.8, 4) is 0 Å². The number of carbonyl (C=O) groups excluding carboxylic acids is 1. The zero-order chi connectivity index (χ0) is 24.3. The number of rotatable bonds is 7. The third-order valence-corrected chi connectivity index (χ3v) is 5.36. The first kappa shape index (κ1) is 23.6. The van der Waals surface area contributed by atoms with Crippen molar-refractivity contribution in [2.45, 2.75) is 52.4 Å². The summed E-state index contributed by atoms with van der Waals surface area (Å²) in [5.74, 6) is 0.995. The van der Waals surface area contributed by atoms with Gasteiger partial charge in [0.25, 0.3) is 5.91 Å². The second-order valence-corrected chi connectivity index (χ2v) is 9.12. The fraction of sp³-hybridized carbons (Fsp3) is 0.360. The van der Waals surface area contributed by atoms with E-state index in [1.165, 1.54) is 31.2 Å². The quantitative estimate of drug-likeness (QED) is 0.413. The molecule has 9 heteroatoms. The van der Waals surface area contributed by atoms with E-state index in [0.717, 1.165) is 25.2 Å². The van der Waals surface area contributed by atoms with Crippen molar-refractivity contribution < 1.29 is 9.18 Å². The van der Waals surface area contributed by atoms with Crippen LogP contribution in [0, 0.1) is 0 Å². The van der Waals surface area contributed by atoms with Gasteiger partial charge in [0, 0.05) is 24.5 Å². The molecule has 4 N–H and O–H groups in total. The molecule has 178 valence electrons. The Kier molecular flexibility index (Phi) is 6.74. The van der Waals surface area contributed by atoms with E-state index in [1.807, 2.05) is 19.9 Å². The molecule has 4 rings (SSSR count). The Hall–Kier alpha value is -3.59. The standard InChI is InChI=1S/C25H30FN7O/c1-15(2)29-23(34)19-7-8-20(30-18-6-5-16-9-11-27-14-17(16)13-18)31-22(19)32-21-10-12-28-24(33-21)25(3,4)26/h5-8,10,12-13,15,27H,9,11,14H2,1-4H3,(H,29,34)(H2,28,30,31,32,33). The average Bonchev–Trinajstić information content (AvgIpc) is 2.78. The lowest BCUT2D eigenvalue weighted by atomic mass is 10.0. The highest BCUT2D eigenvalue weighted by Gasteiger charge is 2.23. The maximum atomic E-state index is 14.4. The van der Waals surface area contributed by atoms with Crippen LogP contribution in [0.4, 0.5) is 27.5 Å². The number of benzene rings is 1. The van der Waals surface area contributed by atoms with E-state index < -0.39 is 5.67 Å². The van der Waals surface area contributed by atoms with Gasteiger partial charge in [0.1, 0.15) is 17.5 Å². The van der Waals surface area contributed by atoms with Crippen molar-refractivity contribution in [3.63, 3.8) is 0 Å². The minimum Gasteiger partial charge on any atom is -0.350 e. The molecule has 3 heterocycles. The van der Waals surface area contributed by atoms with Crippen molar-refractivity contribution in [3.05, 3.63) is 65.1 Å². The summed E-state index contributed by atoms with van der Waals surface area (Å²) in [5, 5.41) is 12.7. The number of halogens is 1. The second kappa shape index (κ2) is 9.72. The van der Waals surface area contributed by atoms with Crippen molar-refractivity contribution >= 4 is 29.0 Å². The van der Waals surface area contributed by atoms with Crippen LogP contribution < -0.4 is 21.3 Å². The molecule has 0 aliphatic carbocycles. The maximum Gasteiger partial charge on any atom is 0.255 e. The molecule has 0 radical (unpaired) electrons. The molecule has 0 saturated carbocycles. The van der Waals surface area contributed by atoms with Gasteiger partial charge in [0.05, 0.1) is 5.56 Å². The first-order valence-corrected chi connectivity index (χ1v) is 11.4. The number of carbonyl (C=O) groups is 1. The van der Waals surface area contributed by atoms with Crippen LogP contribution in [-0.2, 0) is 18.6 Å². The first-order chi connectivity index (χ1) is 16.2. The fourth-order valence-corrected chi connectivity index (χ4v) is 3.69. The Morgan fingerprint density at radius 3 is 2.62 bits per heavy atom. The average molecular weight is 464 g/mol. The van der Waals surface area contributed by atoms with Crippen LogP contribution in [0.2, 0.25) is 0 Å². The zero-order valence-electron chi connectivity index (χ0n) is 19.9. The zero-order valence-corrected chi connectivity index (χ0v) is 19.9. The number of hydrogen-bond acceptors (Lipinski definition) is 7. The number of fused-ring (bicyclic) bond motifs is 1. The molecule has 1 aliphatic heterocycles. The summed E-state index contributed by atoms with van der Waals surface area (Å²) in [6, 6.07) is 11.3. The Balaban J connectivity index is 1.65. The van der Waals surface area contributed by atoms with Gasteiger partial charge in [-0.1, -0.05) is 6.07 Å². The maximum absolute atomic E-state index is 14.4. The largest absolute Gasteiger partial charge is 0.350 e. The Bertz CT molecular complexity index is 1190. The second-order valence-electron chi connectivity index (χ2n) is 9.12. The number of hydrogen-bond donors (Lipinski definition) is 4. The SMILES string of the molecule is CC(C)NC(=O)c1ccc(Nc2ccc3c(c2)CNCC3)nc1Nc1ccnc(C(C)(C)F)n1. The molecule has 0 bridgehead atoms. The van der Waals surface area contributed by atoms with Crippen molar-refractivity contribution in [2.24, 2.45) is 0 Å². The number of nitrogens with one attached hydrogen (secondary N) is 4. The Labute approximate surface area is 198 Å². The van der Waals surface area contributed by atoms with Gasteiger partial charge in [-0.05, 0) is 82.1 Å². The lowest BCUT2D eigenvalue weighted by Crippen LogP contribution is -2.30. The van der Waals surface area contributed by atoms with Crippen LogP contribution in [0.1, 0.15) is 55.0 Å². The predicted octanol–water partition coefficient (Wildman–Crippen LogP) is 4.35. The fourth-order valence-electron chi connectivity index (χ4n) is 3.69. The van der Waals surface area contributed by atoms with Crippen LogP contribution >= 0.6 is 0 Å². The van der Waals surface area contributed by atoms with Gasteiger partial charge in [-0.2, -0.15) is 0 Å². The number of aromatic nitrogens is 3. The third kappa shape index (κ3) is 5.66. The van der Waals surface area contributed by atoms with Crippen molar-refractivity contribution in [1.29, 1.82) is 0 Å². The molecular formula is C25H30FN7O. The van der Waals surface area contributed by atoms with Gasteiger partial charge in [-0.25, -0.2) is 19.3 Å². The Morgan fingerprint density at radius 2 is 1.85 bits per heavy atom. The van der Waals surface area contributed by atoms with E-state index in [0.29, 0.717) is 23.0 Å². The molecule has 0 saturated heterocycles. The molecule has 1 aliphatic rings. The summed E-state index contributed by atoms with van der Waals surface area (Å²) < 4.78 is 14.4. The molecule has 0 atom stereocenters. The highest BCUT2D eigenvalue weighted by atomic mass is 19.1. The number of amides is 1. The summed E-state index contributed by atoms with van der Waals surface area (Å²) in [7, 11) is 0. The molecule has 0 fully saturated rings. The van der Waals surface area contributed by atoms with Gasteiger partial charge in [-0.15, -0.1) is 0 Å². The monoisotopic (exact) mass is 463 g/mol.